The second kappa shape index (κ2) is 12.4. The second-order valence-electron chi connectivity index (χ2n) is 8.06. The number of amides is 1. The molecule has 8 nitrogen and oxygen atoms in total. The van der Waals surface area contributed by atoms with E-state index in [2.05, 4.69) is 22.8 Å². The van der Waals surface area contributed by atoms with Crippen LogP contribution in [0.3, 0.4) is 0 Å². The van der Waals surface area contributed by atoms with Crippen molar-refractivity contribution in [1.82, 2.24) is 19.8 Å². The number of hydrogen-bond donors (Lipinski definition) is 3. The molecule has 4 N–H and O–H groups in total. The minimum Gasteiger partial charge on any atom is -0.357 e. The normalized spacial score (nSPS) is 13.3. The first kappa shape index (κ1) is 24.8. The molecule has 0 saturated carbocycles. The smallest absolute Gasteiger partial charge is 0.329 e. The summed E-state index contributed by atoms with van der Waals surface area (Å²) in [6, 6.07) is 5.38. The highest BCUT2D eigenvalue weighted by Gasteiger charge is 2.25. The van der Waals surface area contributed by atoms with Gasteiger partial charge in [0.15, 0.2) is 0 Å². The lowest BCUT2D eigenvalue weighted by molar-refractivity contribution is -0.124. The Balaban J connectivity index is 2.44. The number of nitrogens with two attached hydrogens (primary N) is 1. The molecular weight excluding hydrogens is 394 g/mol. The van der Waals surface area contributed by atoms with E-state index in [9.17, 15) is 14.4 Å². The highest BCUT2D eigenvalue weighted by molar-refractivity contribution is 5.84. The third kappa shape index (κ3) is 6.04. The molecule has 1 aromatic heterocycles. The van der Waals surface area contributed by atoms with Crippen LogP contribution in [0.2, 0.25) is 0 Å². The van der Waals surface area contributed by atoms with E-state index >= 15 is 0 Å². The summed E-state index contributed by atoms with van der Waals surface area (Å²) >= 11 is 0. The number of hydrogen-bond acceptors (Lipinski definition) is 5. The minimum absolute atomic E-state index is 0.216. The Bertz CT molecular complexity index is 918. The SMILES string of the molecule is CNCCC(CCCCCN)c1ccc2c(c1)n(C)c(=O)n2C(CCC=O)C(=O)NC. The van der Waals surface area contributed by atoms with Gasteiger partial charge in [0.1, 0.15) is 12.3 Å². The van der Waals surface area contributed by atoms with E-state index in [1.165, 1.54) is 10.1 Å². The molecule has 172 valence electrons. The van der Waals surface area contributed by atoms with Gasteiger partial charge in [-0.05, 0) is 69.4 Å². The topological polar surface area (TPSA) is 111 Å². The zero-order valence-corrected chi connectivity index (χ0v) is 19.0. The number of nitrogens with zero attached hydrogens (tertiary/aromatic N) is 2. The quantitative estimate of drug-likeness (QED) is 0.312. The van der Waals surface area contributed by atoms with E-state index in [4.69, 9.17) is 5.73 Å². The molecule has 0 fully saturated rings. The van der Waals surface area contributed by atoms with Crippen molar-refractivity contribution in [3.05, 3.63) is 34.2 Å². The van der Waals surface area contributed by atoms with E-state index in [-0.39, 0.29) is 24.4 Å². The summed E-state index contributed by atoms with van der Waals surface area (Å²) in [4.78, 5) is 36.4. The number of nitrogens with one attached hydrogen (secondary N) is 2. The lowest BCUT2D eigenvalue weighted by Gasteiger charge is -2.19. The first-order valence-corrected chi connectivity index (χ1v) is 11.2. The maximum absolute atomic E-state index is 13.0. The van der Waals surface area contributed by atoms with E-state index in [1.807, 2.05) is 13.1 Å². The Morgan fingerprint density at radius 3 is 2.55 bits per heavy atom. The van der Waals surface area contributed by atoms with Gasteiger partial charge >= 0.3 is 5.69 Å². The van der Waals surface area contributed by atoms with Crippen molar-refractivity contribution in [2.45, 2.75) is 56.9 Å². The van der Waals surface area contributed by atoms with Crippen LogP contribution < -0.4 is 22.1 Å². The molecule has 2 unspecified atom stereocenters. The summed E-state index contributed by atoms with van der Waals surface area (Å²) in [6.07, 6.45) is 6.64. The average molecular weight is 432 g/mol. The summed E-state index contributed by atoms with van der Waals surface area (Å²) in [5.74, 6) is 0.116. The lowest BCUT2D eigenvalue weighted by atomic mass is 9.90. The summed E-state index contributed by atoms with van der Waals surface area (Å²) < 4.78 is 3.12. The largest absolute Gasteiger partial charge is 0.357 e. The number of carbonyl (C=O) groups is 2. The van der Waals surface area contributed by atoms with Crippen LogP contribution in [0.4, 0.5) is 0 Å². The van der Waals surface area contributed by atoms with Gasteiger partial charge < -0.3 is 21.2 Å². The number of unbranched alkanes of at least 4 members (excludes halogenated alkanes) is 2. The number of aromatic nitrogens is 2. The van der Waals surface area contributed by atoms with Gasteiger partial charge in [-0.25, -0.2) is 4.79 Å². The number of fused-ring (bicyclic) bond motifs is 1. The molecule has 8 heteroatoms. The average Bonchev–Trinajstić information content (AvgIpc) is 3.03. The molecule has 0 aliphatic heterocycles. The Morgan fingerprint density at radius 1 is 1.13 bits per heavy atom. The third-order valence-corrected chi connectivity index (χ3v) is 6.00. The van der Waals surface area contributed by atoms with E-state index in [1.54, 1.807) is 18.7 Å². The number of benzene rings is 1. The lowest BCUT2D eigenvalue weighted by Crippen LogP contribution is -2.36. The van der Waals surface area contributed by atoms with Gasteiger partial charge in [-0.1, -0.05) is 18.9 Å². The van der Waals surface area contributed by atoms with Crippen molar-refractivity contribution in [2.24, 2.45) is 12.8 Å². The van der Waals surface area contributed by atoms with Gasteiger partial charge in [-0.15, -0.1) is 0 Å². The zero-order chi connectivity index (χ0) is 22.8. The van der Waals surface area contributed by atoms with Crippen molar-refractivity contribution >= 4 is 23.2 Å². The van der Waals surface area contributed by atoms with Crippen LogP contribution >= 0.6 is 0 Å². The first-order chi connectivity index (χ1) is 15.0. The van der Waals surface area contributed by atoms with Crippen LogP contribution in [-0.2, 0) is 16.6 Å². The molecule has 1 amide bonds. The van der Waals surface area contributed by atoms with Gasteiger partial charge in [0.25, 0.3) is 0 Å². The minimum atomic E-state index is -0.714. The Morgan fingerprint density at radius 2 is 1.90 bits per heavy atom. The molecule has 31 heavy (non-hydrogen) atoms. The highest BCUT2D eigenvalue weighted by Crippen LogP contribution is 2.29. The van der Waals surface area contributed by atoms with Crippen LogP contribution in [0.5, 0.6) is 0 Å². The highest BCUT2D eigenvalue weighted by atomic mass is 16.2. The molecule has 2 aromatic rings. The predicted octanol–water partition coefficient (Wildman–Crippen LogP) is 1.82. The standard InChI is InChI=1S/C23H37N5O3/c1-25-14-12-17(8-5-4-6-13-24)18-10-11-19-21(16-18)27(3)23(31)28(19)20(9-7-15-29)22(30)26-2/h10-11,15-17,20,25H,4-9,12-14,24H2,1-3H3,(H,26,30). The third-order valence-electron chi connectivity index (χ3n) is 6.00. The van der Waals surface area contributed by atoms with Crippen molar-refractivity contribution in [3.63, 3.8) is 0 Å². The molecule has 0 aliphatic rings. The first-order valence-electron chi connectivity index (χ1n) is 11.2. The van der Waals surface area contributed by atoms with Crippen molar-refractivity contribution in [3.8, 4) is 0 Å². The Hall–Kier alpha value is -2.45. The zero-order valence-electron chi connectivity index (χ0n) is 19.0. The van der Waals surface area contributed by atoms with E-state index < -0.39 is 6.04 Å². The fourth-order valence-corrected chi connectivity index (χ4v) is 4.21. The molecule has 0 aliphatic carbocycles. The van der Waals surface area contributed by atoms with Crippen LogP contribution in [-0.4, -0.2) is 48.5 Å². The van der Waals surface area contributed by atoms with Gasteiger partial charge in [0, 0.05) is 20.5 Å². The van der Waals surface area contributed by atoms with Gasteiger partial charge in [-0.3, -0.25) is 13.9 Å². The van der Waals surface area contributed by atoms with E-state index in [0.29, 0.717) is 11.4 Å². The number of rotatable bonds is 14. The van der Waals surface area contributed by atoms with Crippen LogP contribution in [0.1, 0.15) is 62.5 Å². The molecule has 0 saturated heterocycles. The van der Waals surface area contributed by atoms with Crippen molar-refractivity contribution in [1.29, 1.82) is 0 Å². The Labute approximate surface area is 184 Å². The van der Waals surface area contributed by atoms with Crippen LogP contribution in [0, 0.1) is 0 Å². The van der Waals surface area contributed by atoms with Crippen LogP contribution in [0.15, 0.2) is 23.0 Å². The monoisotopic (exact) mass is 431 g/mol. The molecule has 0 bridgehead atoms. The number of imidazole rings is 1. The summed E-state index contributed by atoms with van der Waals surface area (Å²) in [5.41, 5.74) is 8.10. The molecule has 0 spiro atoms. The van der Waals surface area contributed by atoms with Gasteiger partial charge in [0.05, 0.1) is 11.0 Å². The van der Waals surface area contributed by atoms with Gasteiger partial charge in [-0.2, -0.15) is 0 Å². The van der Waals surface area contributed by atoms with Crippen LogP contribution in [0.25, 0.3) is 11.0 Å². The second-order valence-corrected chi connectivity index (χ2v) is 8.06. The maximum Gasteiger partial charge on any atom is 0.329 e. The maximum atomic E-state index is 13.0. The molecule has 2 rings (SSSR count). The summed E-state index contributed by atoms with van der Waals surface area (Å²) in [6.45, 7) is 1.64. The number of carbonyl (C=O) groups excluding carboxylic acids is 2. The summed E-state index contributed by atoms with van der Waals surface area (Å²) in [7, 11) is 5.23. The number of likely N-dealkylation sites (N-methyl/N-ethyl adjacent to an activating group) is 1. The molecule has 0 radical (unpaired) electrons. The molecule has 1 aromatic carbocycles. The van der Waals surface area contributed by atoms with Crippen molar-refractivity contribution < 1.29 is 9.59 Å². The fourth-order valence-electron chi connectivity index (χ4n) is 4.21. The van der Waals surface area contributed by atoms with E-state index in [0.717, 1.165) is 57.0 Å². The number of aldehydes is 1. The molecule has 1 heterocycles. The predicted molar refractivity (Wildman–Crippen MR) is 124 cm³/mol. The summed E-state index contributed by atoms with van der Waals surface area (Å²) in [5, 5.41) is 5.85. The van der Waals surface area contributed by atoms with Crippen molar-refractivity contribution in [2.75, 3.05) is 27.2 Å². The number of aryl methyl sites for hydroxylation is 1. The Kier molecular flexibility index (Phi) is 9.94. The van der Waals surface area contributed by atoms with Gasteiger partial charge in [0.2, 0.25) is 5.91 Å². The molecular formula is C23H37N5O3. The molecule has 2 atom stereocenters. The fraction of sp³-hybridized carbons (Fsp3) is 0.609.